The van der Waals surface area contributed by atoms with Gasteiger partial charge in [-0.2, -0.15) is 0 Å². The Hall–Kier alpha value is -4.22. The van der Waals surface area contributed by atoms with Crippen molar-refractivity contribution in [2.24, 2.45) is 5.73 Å². The van der Waals surface area contributed by atoms with Gasteiger partial charge in [-0.25, -0.2) is 28.4 Å². The molecular weight excluding hydrogens is 468 g/mol. The maximum Gasteiger partial charge on any atom is 0.322 e. The largest absolute Gasteiger partial charge is 0.480 e. The summed E-state index contributed by atoms with van der Waals surface area (Å²) in [4.78, 5) is 25.7. The monoisotopic (exact) mass is 490 g/mol. The second-order valence-corrected chi connectivity index (χ2v) is 9.82. The fourth-order valence-electron chi connectivity index (χ4n) is 3.47. The molecule has 11 heteroatoms. The number of carboxylic acid groups (broad SMARTS) is 1. The topological polar surface area (TPSA) is 161 Å². The van der Waals surface area contributed by atoms with E-state index in [1.54, 1.807) is 60.9 Å². The van der Waals surface area contributed by atoms with Crippen LogP contribution in [-0.2, 0) is 25.9 Å². The van der Waals surface area contributed by atoms with Crippen LogP contribution in [0, 0.1) is 0 Å². The molecule has 3 heterocycles. The van der Waals surface area contributed by atoms with Gasteiger partial charge in [-0.1, -0.05) is 36.4 Å². The Morgan fingerprint density at radius 2 is 1.63 bits per heavy atom. The number of sulfone groups is 1. The van der Waals surface area contributed by atoms with Gasteiger partial charge in [-0.15, -0.1) is 0 Å². The Balaban J connectivity index is 1.75. The van der Waals surface area contributed by atoms with Crippen molar-refractivity contribution < 1.29 is 18.3 Å². The number of benzene rings is 1. The molecule has 4 N–H and O–H groups in total. The molecule has 0 spiro atoms. The quantitative estimate of drug-likeness (QED) is 0.317. The molecule has 0 radical (unpaired) electrons. The predicted molar refractivity (Wildman–Crippen MR) is 129 cm³/mol. The van der Waals surface area contributed by atoms with E-state index in [4.69, 9.17) is 10.8 Å². The first kappa shape index (κ1) is 23.9. The standard InChI is InChI=1S/C24H22N6O4S/c25-24(35(33,34)21-7-1-2-12-26-21,19-5-3-6-20(30-19)29-16-22(31)32)15-17-8-10-18(11-9-17)23-27-13-4-14-28-23/h1-14H,15-16,25H2,(H,29,30)(H,31,32). The number of anilines is 1. The van der Waals surface area contributed by atoms with Crippen molar-refractivity contribution >= 4 is 21.6 Å². The van der Waals surface area contributed by atoms with Crippen LogP contribution in [0.4, 0.5) is 5.82 Å². The van der Waals surface area contributed by atoms with Crippen LogP contribution in [0.15, 0.2) is 90.3 Å². The lowest BCUT2D eigenvalue weighted by Crippen LogP contribution is -2.47. The van der Waals surface area contributed by atoms with Crippen molar-refractivity contribution in [1.82, 2.24) is 19.9 Å². The Bertz CT molecular complexity index is 1420. The lowest BCUT2D eigenvalue weighted by atomic mass is 10.0. The zero-order chi connectivity index (χ0) is 24.9. The fourth-order valence-corrected chi connectivity index (χ4v) is 5.05. The highest BCUT2D eigenvalue weighted by atomic mass is 32.2. The van der Waals surface area contributed by atoms with Crippen molar-refractivity contribution in [3.63, 3.8) is 0 Å². The first-order valence-corrected chi connectivity index (χ1v) is 12.0. The minimum atomic E-state index is -4.23. The third-order valence-electron chi connectivity index (χ3n) is 5.24. The molecule has 0 aliphatic heterocycles. The van der Waals surface area contributed by atoms with E-state index in [0.717, 1.165) is 5.56 Å². The highest BCUT2D eigenvalue weighted by molar-refractivity contribution is 7.92. The number of carbonyl (C=O) groups is 1. The van der Waals surface area contributed by atoms with Gasteiger partial charge in [0.15, 0.2) is 15.7 Å². The molecule has 3 aromatic heterocycles. The number of nitrogens with zero attached hydrogens (tertiary/aromatic N) is 4. The van der Waals surface area contributed by atoms with Crippen molar-refractivity contribution in [2.75, 3.05) is 11.9 Å². The van der Waals surface area contributed by atoms with E-state index in [1.165, 1.54) is 24.4 Å². The second kappa shape index (κ2) is 9.95. The van der Waals surface area contributed by atoms with Crippen LogP contribution in [-0.4, -0.2) is 46.0 Å². The number of hydrogen-bond donors (Lipinski definition) is 3. The molecule has 1 unspecified atom stereocenters. The number of hydrogen-bond acceptors (Lipinski definition) is 9. The number of carboxylic acids is 1. The molecule has 4 aromatic rings. The summed E-state index contributed by atoms with van der Waals surface area (Å²) in [7, 11) is -4.23. The zero-order valence-electron chi connectivity index (χ0n) is 18.4. The highest BCUT2D eigenvalue weighted by Crippen LogP contribution is 2.33. The molecule has 35 heavy (non-hydrogen) atoms. The third kappa shape index (κ3) is 5.15. The van der Waals surface area contributed by atoms with Crippen LogP contribution < -0.4 is 11.1 Å². The molecule has 4 rings (SSSR count). The van der Waals surface area contributed by atoms with Gasteiger partial charge >= 0.3 is 5.97 Å². The predicted octanol–water partition coefficient (Wildman–Crippen LogP) is 2.26. The smallest absolute Gasteiger partial charge is 0.322 e. The average Bonchev–Trinajstić information content (AvgIpc) is 2.89. The number of pyridine rings is 2. The minimum absolute atomic E-state index is 0.0500. The second-order valence-electron chi connectivity index (χ2n) is 7.66. The Kier molecular flexibility index (Phi) is 6.80. The van der Waals surface area contributed by atoms with E-state index in [2.05, 4.69) is 25.3 Å². The van der Waals surface area contributed by atoms with E-state index in [-0.39, 0.29) is 29.5 Å². The van der Waals surface area contributed by atoms with Crippen LogP contribution in [0.25, 0.3) is 11.4 Å². The summed E-state index contributed by atoms with van der Waals surface area (Å²) in [5, 5.41) is 11.4. The van der Waals surface area contributed by atoms with E-state index in [9.17, 15) is 13.2 Å². The number of aromatic nitrogens is 4. The SMILES string of the molecule is NC(Cc1ccc(-c2ncccn2)cc1)(c1cccc(NCC(=O)O)n1)S(=O)(=O)c1ccccn1. The van der Waals surface area contributed by atoms with Crippen molar-refractivity contribution in [1.29, 1.82) is 0 Å². The zero-order valence-corrected chi connectivity index (χ0v) is 19.3. The van der Waals surface area contributed by atoms with Gasteiger partial charge in [0.1, 0.15) is 12.4 Å². The summed E-state index contributed by atoms with van der Waals surface area (Å²) in [5.41, 5.74) is 8.13. The fraction of sp³-hybridized carbons (Fsp3) is 0.125. The molecule has 0 aliphatic carbocycles. The molecule has 1 atom stereocenters. The highest BCUT2D eigenvalue weighted by Gasteiger charge is 2.45. The molecule has 0 saturated heterocycles. The van der Waals surface area contributed by atoms with Gasteiger partial charge in [0, 0.05) is 30.6 Å². The van der Waals surface area contributed by atoms with Crippen LogP contribution >= 0.6 is 0 Å². The van der Waals surface area contributed by atoms with Crippen molar-refractivity contribution in [2.45, 2.75) is 16.3 Å². The number of nitrogens with two attached hydrogens (primary N) is 1. The average molecular weight is 491 g/mol. The molecule has 0 amide bonds. The third-order valence-corrected chi connectivity index (χ3v) is 7.35. The van der Waals surface area contributed by atoms with Gasteiger partial charge in [0.05, 0.1) is 5.69 Å². The van der Waals surface area contributed by atoms with Crippen LogP contribution in [0.1, 0.15) is 11.3 Å². The number of rotatable bonds is 9. The maximum atomic E-state index is 13.8. The first-order chi connectivity index (χ1) is 16.8. The summed E-state index contributed by atoms with van der Waals surface area (Å²) < 4.78 is 27.5. The molecular formula is C24H22N6O4S. The summed E-state index contributed by atoms with van der Waals surface area (Å²) in [6.07, 6.45) is 4.53. The van der Waals surface area contributed by atoms with Gasteiger partial charge in [0.2, 0.25) is 9.84 Å². The summed E-state index contributed by atoms with van der Waals surface area (Å²) in [6.45, 7) is -0.385. The van der Waals surface area contributed by atoms with Gasteiger partial charge < -0.3 is 16.2 Å². The number of aliphatic carboxylic acids is 1. The molecule has 178 valence electrons. The van der Waals surface area contributed by atoms with E-state index >= 15 is 0 Å². The molecule has 1 aromatic carbocycles. The molecule has 0 saturated carbocycles. The summed E-state index contributed by atoms with van der Waals surface area (Å²) in [6, 6.07) is 18.0. The number of nitrogens with one attached hydrogen (secondary N) is 1. The van der Waals surface area contributed by atoms with E-state index in [0.29, 0.717) is 11.4 Å². The minimum Gasteiger partial charge on any atom is -0.480 e. The lowest BCUT2D eigenvalue weighted by Gasteiger charge is -2.29. The molecule has 0 aliphatic rings. The van der Waals surface area contributed by atoms with E-state index < -0.39 is 20.7 Å². The van der Waals surface area contributed by atoms with Crippen LogP contribution in [0.2, 0.25) is 0 Å². The van der Waals surface area contributed by atoms with Gasteiger partial charge in [-0.3, -0.25) is 4.79 Å². The molecule has 0 fully saturated rings. The summed E-state index contributed by atoms with van der Waals surface area (Å²) in [5.74, 6) is -0.356. The molecule has 0 bridgehead atoms. The molecule has 10 nitrogen and oxygen atoms in total. The van der Waals surface area contributed by atoms with E-state index in [1.807, 2.05) is 0 Å². The Labute approximate surface area is 201 Å². The van der Waals surface area contributed by atoms with Gasteiger partial charge in [0.25, 0.3) is 0 Å². The van der Waals surface area contributed by atoms with Gasteiger partial charge in [-0.05, 0) is 35.9 Å². The van der Waals surface area contributed by atoms with Crippen LogP contribution in [0.3, 0.4) is 0 Å². The summed E-state index contributed by atoms with van der Waals surface area (Å²) >= 11 is 0. The van der Waals surface area contributed by atoms with Crippen molar-refractivity contribution in [3.8, 4) is 11.4 Å². The Morgan fingerprint density at radius 1 is 0.914 bits per heavy atom. The normalized spacial score (nSPS) is 13.1. The lowest BCUT2D eigenvalue weighted by molar-refractivity contribution is -0.134. The first-order valence-electron chi connectivity index (χ1n) is 10.5. The maximum absolute atomic E-state index is 13.8. The van der Waals surface area contributed by atoms with Crippen LogP contribution in [0.5, 0.6) is 0 Å². The van der Waals surface area contributed by atoms with Crippen molar-refractivity contribution in [3.05, 3.63) is 96.6 Å². The Morgan fingerprint density at radius 3 is 2.29 bits per heavy atom.